The van der Waals surface area contributed by atoms with Gasteiger partial charge in [-0.1, -0.05) is 13.3 Å². The van der Waals surface area contributed by atoms with E-state index < -0.39 is 15.6 Å². The van der Waals surface area contributed by atoms with Crippen molar-refractivity contribution >= 4 is 21.4 Å². The zero-order valence-electron chi connectivity index (χ0n) is 10.5. The number of nitrogens with two attached hydrogens (primary N) is 1. The summed E-state index contributed by atoms with van der Waals surface area (Å²) in [5, 5.41) is 1.75. The van der Waals surface area contributed by atoms with Crippen LogP contribution in [-0.4, -0.2) is 14.0 Å². The topological polar surface area (TPSA) is 72.2 Å². The van der Waals surface area contributed by atoms with Crippen molar-refractivity contribution in [2.75, 3.05) is 0 Å². The fraction of sp³-hybridized carbons (Fsp3) is 0.636. The second kappa shape index (κ2) is 5.48. The van der Waals surface area contributed by atoms with Gasteiger partial charge in [-0.15, -0.1) is 11.3 Å². The molecule has 3 N–H and O–H groups in total. The van der Waals surface area contributed by atoms with Crippen LogP contribution in [0.2, 0.25) is 0 Å². The van der Waals surface area contributed by atoms with Crippen LogP contribution in [0.25, 0.3) is 0 Å². The van der Waals surface area contributed by atoms with Crippen LogP contribution in [0, 0.1) is 0 Å². The molecule has 0 unspecified atom stereocenters. The normalized spacial score (nSPS) is 12.9. The van der Waals surface area contributed by atoms with E-state index in [-0.39, 0.29) is 6.54 Å². The summed E-state index contributed by atoms with van der Waals surface area (Å²) in [5.74, 6) is 0. The summed E-state index contributed by atoms with van der Waals surface area (Å²) < 4.78 is 27.1. The molecule has 98 valence electrons. The molecule has 0 atom stereocenters. The molecule has 0 saturated carbocycles. The first-order valence-corrected chi connectivity index (χ1v) is 7.99. The highest BCUT2D eigenvalue weighted by Gasteiger charge is 2.27. The predicted molar refractivity (Wildman–Crippen MR) is 71.5 cm³/mol. The molecule has 0 fully saturated rings. The van der Waals surface area contributed by atoms with Crippen molar-refractivity contribution in [3.8, 4) is 0 Å². The van der Waals surface area contributed by atoms with Crippen molar-refractivity contribution in [3.05, 3.63) is 16.3 Å². The van der Waals surface area contributed by atoms with Gasteiger partial charge in [0.15, 0.2) is 0 Å². The van der Waals surface area contributed by atoms with E-state index in [1.54, 1.807) is 11.4 Å². The van der Waals surface area contributed by atoms with Crippen LogP contribution in [0.4, 0.5) is 0 Å². The molecular weight excluding hydrogens is 256 g/mol. The summed E-state index contributed by atoms with van der Waals surface area (Å²) in [7, 11) is -3.46. The fourth-order valence-electron chi connectivity index (χ4n) is 1.81. The van der Waals surface area contributed by atoms with Crippen LogP contribution in [0.3, 0.4) is 0 Å². The quantitative estimate of drug-likeness (QED) is 0.835. The lowest BCUT2D eigenvalue weighted by atomic mass is 10.0. The summed E-state index contributed by atoms with van der Waals surface area (Å²) in [6, 6.07) is 1.61. The smallest absolute Gasteiger partial charge is 0.242 e. The first-order valence-electron chi connectivity index (χ1n) is 5.63. The van der Waals surface area contributed by atoms with Gasteiger partial charge in [-0.2, -0.15) is 0 Å². The van der Waals surface area contributed by atoms with Crippen molar-refractivity contribution in [2.24, 2.45) is 5.73 Å². The Balaban J connectivity index is 2.97. The summed E-state index contributed by atoms with van der Waals surface area (Å²) in [6.07, 6.45) is 1.73. The molecule has 0 aliphatic rings. The monoisotopic (exact) mass is 276 g/mol. The van der Waals surface area contributed by atoms with Crippen LogP contribution in [0.15, 0.2) is 16.3 Å². The van der Waals surface area contributed by atoms with Crippen molar-refractivity contribution in [1.29, 1.82) is 0 Å². The first kappa shape index (κ1) is 14.6. The summed E-state index contributed by atoms with van der Waals surface area (Å²) in [4.78, 5) is 1.01. The van der Waals surface area contributed by atoms with E-state index in [2.05, 4.69) is 4.72 Å². The standard InChI is InChI=1S/C11H20N2O2S2/c1-4-6-11(2,3)13-17(14,15)10-5-7-16-9(10)8-12/h5,7,13H,4,6,8,12H2,1-3H3. The summed E-state index contributed by atoms with van der Waals surface area (Å²) in [5.41, 5.74) is 5.10. The van der Waals surface area contributed by atoms with Gasteiger partial charge in [0.05, 0.1) is 4.90 Å². The molecule has 6 heteroatoms. The molecule has 1 aromatic heterocycles. The molecule has 1 heterocycles. The maximum atomic E-state index is 12.2. The van der Waals surface area contributed by atoms with Gasteiger partial charge in [0, 0.05) is 17.0 Å². The lowest BCUT2D eigenvalue weighted by Gasteiger charge is -2.25. The third-order valence-electron chi connectivity index (χ3n) is 2.47. The van der Waals surface area contributed by atoms with E-state index >= 15 is 0 Å². The molecule has 4 nitrogen and oxygen atoms in total. The highest BCUT2D eigenvalue weighted by Crippen LogP contribution is 2.23. The highest BCUT2D eigenvalue weighted by molar-refractivity contribution is 7.89. The molecule has 0 aliphatic heterocycles. The molecule has 0 bridgehead atoms. The molecular formula is C11H20N2O2S2. The highest BCUT2D eigenvalue weighted by atomic mass is 32.2. The number of sulfonamides is 1. The number of nitrogens with one attached hydrogen (secondary N) is 1. The molecule has 0 amide bonds. The summed E-state index contributed by atoms with van der Waals surface area (Å²) >= 11 is 1.37. The zero-order chi connectivity index (χ0) is 13.1. The number of rotatable bonds is 6. The second-order valence-electron chi connectivity index (χ2n) is 4.65. The van der Waals surface area contributed by atoms with Gasteiger partial charge >= 0.3 is 0 Å². The lowest BCUT2D eigenvalue weighted by Crippen LogP contribution is -2.43. The van der Waals surface area contributed by atoms with Crippen LogP contribution >= 0.6 is 11.3 Å². The van der Waals surface area contributed by atoms with Crippen LogP contribution in [0.1, 0.15) is 38.5 Å². The molecule has 0 aromatic carbocycles. The number of hydrogen-bond donors (Lipinski definition) is 2. The van der Waals surface area contributed by atoms with E-state index in [0.29, 0.717) is 9.77 Å². The fourth-order valence-corrected chi connectivity index (χ4v) is 4.59. The van der Waals surface area contributed by atoms with Crippen molar-refractivity contribution < 1.29 is 8.42 Å². The zero-order valence-corrected chi connectivity index (χ0v) is 12.1. The molecule has 1 aromatic rings. The van der Waals surface area contributed by atoms with Crippen molar-refractivity contribution in [1.82, 2.24) is 4.72 Å². The first-order chi connectivity index (χ1) is 7.82. The molecule has 0 aliphatic carbocycles. The lowest BCUT2D eigenvalue weighted by molar-refractivity contribution is 0.417. The Kier molecular flexibility index (Phi) is 4.71. The van der Waals surface area contributed by atoms with Gasteiger partial charge in [0.25, 0.3) is 0 Å². The van der Waals surface area contributed by atoms with Crippen LogP contribution in [-0.2, 0) is 16.6 Å². The third-order valence-corrected chi connectivity index (χ3v) is 5.32. The Labute approximate surface area is 107 Å². The average Bonchev–Trinajstić information content (AvgIpc) is 2.63. The van der Waals surface area contributed by atoms with Gasteiger partial charge in [-0.3, -0.25) is 0 Å². The Bertz CT molecular complexity index is 464. The van der Waals surface area contributed by atoms with E-state index in [1.165, 1.54) is 11.3 Å². The Morgan fingerprint density at radius 2 is 2.12 bits per heavy atom. The summed E-state index contributed by atoms with van der Waals surface area (Å²) in [6.45, 7) is 6.07. The van der Waals surface area contributed by atoms with Crippen molar-refractivity contribution in [2.45, 2.75) is 50.6 Å². The maximum absolute atomic E-state index is 12.2. The molecule has 1 rings (SSSR count). The van der Waals surface area contributed by atoms with E-state index in [0.717, 1.165) is 12.8 Å². The average molecular weight is 276 g/mol. The van der Waals surface area contributed by atoms with E-state index in [4.69, 9.17) is 5.73 Å². The number of hydrogen-bond acceptors (Lipinski definition) is 4. The van der Waals surface area contributed by atoms with E-state index in [9.17, 15) is 8.42 Å². The molecule has 0 radical (unpaired) electrons. The maximum Gasteiger partial charge on any atom is 0.242 e. The molecule has 0 spiro atoms. The number of thiophene rings is 1. The largest absolute Gasteiger partial charge is 0.326 e. The third kappa shape index (κ3) is 3.77. The van der Waals surface area contributed by atoms with Gasteiger partial charge in [-0.05, 0) is 31.7 Å². The van der Waals surface area contributed by atoms with Gasteiger partial charge in [0.1, 0.15) is 0 Å². The predicted octanol–water partition coefficient (Wildman–Crippen LogP) is 2.06. The van der Waals surface area contributed by atoms with Gasteiger partial charge < -0.3 is 5.73 Å². The minimum Gasteiger partial charge on any atom is -0.326 e. The van der Waals surface area contributed by atoms with Gasteiger partial charge in [0.2, 0.25) is 10.0 Å². The van der Waals surface area contributed by atoms with Crippen molar-refractivity contribution in [3.63, 3.8) is 0 Å². The molecule has 0 saturated heterocycles. The van der Waals surface area contributed by atoms with Gasteiger partial charge in [-0.25, -0.2) is 13.1 Å². The molecule has 17 heavy (non-hydrogen) atoms. The van der Waals surface area contributed by atoms with E-state index in [1.807, 2.05) is 20.8 Å². The van der Waals surface area contributed by atoms with Crippen LogP contribution in [0.5, 0.6) is 0 Å². The van der Waals surface area contributed by atoms with Crippen LogP contribution < -0.4 is 10.5 Å². The Morgan fingerprint density at radius 1 is 1.47 bits per heavy atom. The minimum absolute atomic E-state index is 0.252. The second-order valence-corrected chi connectivity index (χ2v) is 7.30. The minimum atomic E-state index is -3.46. The SMILES string of the molecule is CCCC(C)(C)NS(=O)(=O)c1ccsc1CN. The Hall–Kier alpha value is -0.430. The Morgan fingerprint density at radius 3 is 2.65 bits per heavy atom.